The highest BCUT2D eigenvalue weighted by atomic mass is 16.5. The maximum Gasteiger partial charge on any atom is 0.149 e. The van der Waals surface area contributed by atoms with Crippen molar-refractivity contribution in [2.75, 3.05) is 12.8 Å². The Morgan fingerprint density at radius 1 is 1.17 bits per heavy atom. The average Bonchev–Trinajstić information content (AvgIpc) is 2.90. The van der Waals surface area contributed by atoms with Crippen molar-refractivity contribution in [2.24, 2.45) is 0 Å². The van der Waals surface area contributed by atoms with Crippen molar-refractivity contribution in [1.29, 1.82) is 0 Å². The minimum atomic E-state index is 0.477. The SMILES string of the molecule is COc1ccc(-c2cnc(N)c3cncn23)cc1. The number of nitrogens with zero attached hydrogens (tertiary/aromatic N) is 3. The van der Waals surface area contributed by atoms with Crippen molar-refractivity contribution in [1.82, 2.24) is 14.4 Å². The number of anilines is 1. The second-order valence-electron chi connectivity index (χ2n) is 3.91. The van der Waals surface area contributed by atoms with Gasteiger partial charge in [-0.05, 0) is 24.3 Å². The van der Waals surface area contributed by atoms with Crippen molar-refractivity contribution >= 4 is 11.3 Å². The van der Waals surface area contributed by atoms with E-state index >= 15 is 0 Å². The highest BCUT2D eigenvalue weighted by molar-refractivity contribution is 5.71. The zero-order chi connectivity index (χ0) is 12.5. The van der Waals surface area contributed by atoms with Gasteiger partial charge >= 0.3 is 0 Å². The van der Waals surface area contributed by atoms with Crippen molar-refractivity contribution < 1.29 is 4.74 Å². The minimum Gasteiger partial charge on any atom is -0.497 e. The topological polar surface area (TPSA) is 65.4 Å². The van der Waals surface area contributed by atoms with Crippen LogP contribution in [-0.4, -0.2) is 21.5 Å². The van der Waals surface area contributed by atoms with Gasteiger partial charge in [-0.25, -0.2) is 9.97 Å². The minimum absolute atomic E-state index is 0.477. The van der Waals surface area contributed by atoms with Crippen LogP contribution in [-0.2, 0) is 0 Å². The van der Waals surface area contributed by atoms with E-state index in [1.54, 1.807) is 25.8 Å². The zero-order valence-corrected chi connectivity index (χ0v) is 9.87. The lowest BCUT2D eigenvalue weighted by molar-refractivity contribution is 0.415. The van der Waals surface area contributed by atoms with Gasteiger partial charge in [0.25, 0.3) is 0 Å². The summed E-state index contributed by atoms with van der Waals surface area (Å²) in [4.78, 5) is 8.28. The molecule has 0 amide bonds. The number of imidazole rings is 1. The molecule has 3 aromatic rings. The summed E-state index contributed by atoms with van der Waals surface area (Å²) in [6, 6.07) is 7.78. The molecule has 0 fully saturated rings. The van der Waals surface area contributed by atoms with Crippen LogP contribution in [0.3, 0.4) is 0 Å². The molecule has 5 heteroatoms. The van der Waals surface area contributed by atoms with Crippen LogP contribution in [0.5, 0.6) is 5.75 Å². The number of rotatable bonds is 2. The Kier molecular flexibility index (Phi) is 2.37. The Morgan fingerprint density at radius 2 is 1.94 bits per heavy atom. The molecule has 0 aliphatic rings. The van der Waals surface area contributed by atoms with Crippen LogP contribution in [0.15, 0.2) is 43.0 Å². The van der Waals surface area contributed by atoms with E-state index in [0.717, 1.165) is 22.5 Å². The van der Waals surface area contributed by atoms with Crippen molar-refractivity contribution in [3.63, 3.8) is 0 Å². The van der Waals surface area contributed by atoms with E-state index in [1.807, 2.05) is 28.7 Å². The molecule has 0 radical (unpaired) electrons. The molecule has 2 N–H and O–H groups in total. The van der Waals surface area contributed by atoms with Crippen LogP contribution in [0.2, 0.25) is 0 Å². The van der Waals surface area contributed by atoms with E-state index in [1.165, 1.54) is 0 Å². The summed E-state index contributed by atoms with van der Waals surface area (Å²) >= 11 is 0. The molecule has 90 valence electrons. The zero-order valence-electron chi connectivity index (χ0n) is 9.87. The van der Waals surface area contributed by atoms with Crippen molar-refractivity contribution in [3.8, 4) is 17.0 Å². The molecule has 1 aromatic carbocycles. The van der Waals surface area contributed by atoms with Crippen LogP contribution >= 0.6 is 0 Å². The van der Waals surface area contributed by atoms with Gasteiger partial charge in [0.15, 0.2) is 0 Å². The fourth-order valence-corrected chi connectivity index (χ4v) is 1.91. The summed E-state index contributed by atoms with van der Waals surface area (Å²) in [6.07, 6.45) is 5.17. The van der Waals surface area contributed by atoms with E-state index < -0.39 is 0 Å². The summed E-state index contributed by atoms with van der Waals surface area (Å²) in [5.41, 5.74) is 8.59. The third kappa shape index (κ3) is 1.57. The first-order valence-corrected chi connectivity index (χ1v) is 5.50. The lowest BCUT2D eigenvalue weighted by Crippen LogP contribution is -1.98. The fourth-order valence-electron chi connectivity index (χ4n) is 1.91. The first kappa shape index (κ1) is 10.6. The smallest absolute Gasteiger partial charge is 0.149 e. The summed E-state index contributed by atoms with van der Waals surface area (Å²) in [5.74, 6) is 1.30. The average molecular weight is 240 g/mol. The number of hydrogen-bond donors (Lipinski definition) is 1. The molecule has 0 saturated carbocycles. The number of benzene rings is 1. The molecule has 0 unspecified atom stereocenters. The Hall–Kier alpha value is -2.56. The van der Waals surface area contributed by atoms with Gasteiger partial charge in [0.1, 0.15) is 17.1 Å². The molecule has 18 heavy (non-hydrogen) atoms. The normalized spacial score (nSPS) is 10.7. The van der Waals surface area contributed by atoms with Gasteiger partial charge in [-0.3, -0.25) is 4.40 Å². The van der Waals surface area contributed by atoms with Gasteiger partial charge in [-0.15, -0.1) is 0 Å². The molecule has 0 aliphatic carbocycles. The molecule has 0 saturated heterocycles. The maximum absolute atomic E-state index is 5.80. The Labute approximate surface area is 104 Å². The lowest BCUT2D eigenvalue weighted by atomic mass is 10.1. The van der Waals surface area contributed by atoms with Gasteiger partial charge in [-0.2, -0.15) is 0 Å². The highest BCUT2D eigenvalue weighted by Gasteiger charge is 2.07. The first-order valence-electron chi connectivity index (χ1n) is 5.50. The van der Waals surface area contributed by atoms with Gasteiger partial charge in [0, 0.05) is 5.56 Å². The first-order chi connectivity index (χ1) is 8.79. The molecular weight excluding hydrogens is 228 g/mol. The Morgan fingerprint density at radius 3 is 2.67 bits per heavy atom. The number of methoxy groups -OCH3 is 1. The highest BCUT2D eigenvalue weighted by Crippen LogP contribution is 2.24. The fraction of sp³-hybridized carbons (Fsp3) is 0.0769. The number of fused-ring (bicyclic) bond motifs is 1. The molecule has 0 atom stereocenters. The van der Waals surface area contributed by atoms with Crippen molar-refractivity contribution in [2.45, 2.75) is 0 Å². The third-order valence-electron chi connectivity index (χ3n) is 2.87. The quantitative estimate of drug-likeness (QED) is 0.744. The van der Waals surface area contributed by atoms with E-state index in [2.05, 4.69) is 9.97 Å². The van der Waals surface area contributed by atoms with E-state index in [-0.39, 0.29) is 0 Å². The number of hydrogen-bond acceptors (Lipinski definition) is 4. The van der Waals surface area contributed by atoms with E-state index in [0.29, 0.717) is 5.82 Å². The number of nitrogen functional groups attached to an aromatic ring is 1. The molecule has 5 nitrogen and oxygen atoms in total. The van der Waals surface area contributed by atoms with Gasteiger partial charge in [-0.1, -0.05) is 0 Å². The number of aromatic nitrogens is 3. The lowest BCUT2D eigenvalue weighted by Gasteiger charge is -2.07. The Balaban J connectivity index is 2.18. The largest absolute Gasteiger partial charge is 0.497 e. The monoisotopic (exact) mass is 240 g/mol. The molecule has 2 aromatic heterocycles. The summed E-state index contributed by atoms with van der Waals surface area (Å²) in [5, 5.41) is 0. The second-order valence-corrected chi connectivity index (χ2v) is 3.91. The molecular formula is C13H12N4O. The maximum atomic E-state index is 5.80. The predicted octanol–water partition coefficient (Wildman–Crippen LogP) is 1.99. The summed E-state index contributed by atoms with van der Waals surface area (Å²) in [7, 11) is 1.65. The molecule has 3 rings (SSSR count). The van der Waals surface area contributed by atoms with Crippen LogP contribution in [0.1, 0.15) is 0 Å². The molecule has 0 bridgehead atoms. The molecule has 0 spiro atoms. The Bertz CT molecular complexity index is 688. The standard InChI is InChI=1S/C13H12N4O/c1-18-10-4-2-9(3-5-10)11-7-16-13(14)12-6-15-8-17(11)12/h2-8H,1H3,(H2,14,16). The van der Waals surface area contributed by atoms with Crippen LogP contribution in [0, 0.1) is 0 Å². The second kappa shape index (κ2) is 4.03. The van der Waals surface area contributed by atoms with E-state index in [9.17, 15) is 0 Å². The number of nitrogens with two attached hydrogens (primary N) is 1. The van der Waals surface area contributed by atoms with Gasteiger partial charge < -0.3 is 10.5 Å². The third-order valence-corrected chi connectivity index (χ3v) is 2.87. The number of ether oxygens (including phenoxy) is 1. The predicted molar refractivity (Wildman–Crippen MR) is 69.4 cm³/mol. The van der Waals surface area contributed by atoms with E-state index in [4.69, 9.17) is 10.5 Å². The molecule has 0 aliphatic heterocycles. The summed E-state index contributed by atoms with van der Waals surface area (Å²) < 4.78 is 7.06. The van der Waals surface area contributed by atoms with Crippen LogP contribution in [0.25, 0.3) is 16.8 Å². The van der Waals surface area contributed by atoms with Crippen LogP contribution < -0.4 is 10.5 Å². The van der Waals surface area contributed by atoms with Gasteiger partial charge in [0.2, 0.25) is 0 Å². The van der Waals surface area contributed by atoms with Crippen LogP contribution in [0.4, 0.5) is 5.82 Å². The van der Waals surface area contributed by atoms with Crippen molar-refractivity contribution in [3.05, 3.63) is 43.0 Å². The summed E-state index contributed by atoms with van der Waals surface area (Å²) in [6.45, 7) is 0. The van der Waals surface area contributed by atoms with Gasteiger partial charge in [0.05, 0.1) is 31.5 Å². The molecule has 2 heterocycles.